The van der Waals surface area contributed by atoms with Gasteiger partial charge in [-0.3, -0.25) is 4.79 Å². The van der Waals surface area contributed by atoms with E-state index in [1.807, 2.05) is 20.8 Å². The smallest absolute Gasteiger partial charge is 0.369 e. The molecule has 3 nitrogen and oxygen atoms in total. The van der Waals surface area contributed by atoms with Crippen LogP contribution in [0.1, 0.15) is 27.7 Å². The van der Waals surface area contributed by atoms with Gasteiger partial charge in [0.1, 0.15) is 8.07 Å². The molecule has 0 aliphatic carbocycles. The van der Waals surface area contributed by atoms with Gasteiger partial charge in [-0.2, -0.15) is 0 Å². The van der Waals surface area contributed by atoms with Crippen LogP contribution >= 0.6 is 0 Å². The topological polar surface area (TPSA) is 43.4 Å². The van der Waals surface area contributed by atoms with Gasteiger partial charge < -0.3 is 4.74 Å². The third kappa shape index (κ3) is 2.67. The Morgan fingerprint density at radius 2 is 1.43 bits per heavy atom. The molecule has 0 aliphatic rings. The molecular weight excluding hydrogens is 196 g/mol. The third-order valence-electron chi connectivity index (χ3n) is 2.97. The fourth-order valence-corrected chi connectivity index (χ4v) is 4.61. The molecule has 0 amide bonds. The summed E-state index contributed by atoms with van der Waals surface area (Å²) in [6, 6.07) is 2.49. The Kier molecular flexibility index (Phi) is 5.68. The first-order valence-electron chi connectivity index (χ1n) is 5.29. The van der Waals surface area contributed by atoms with Crippen molar-refractivity contribution in [1.29, 1.82) is 0 Å². The number of hydrogen-bond donors (Lipinski definition) is 0. The fourth-order valence-electron chi connectivity index (χ4n) is 1.64. The summed E-state index contributed by atoms with van der Waals surface area (Å²) in [4.78, 5) is 23.2. The third-order valence-corrected chi connectivity index (χ3v) is 8.20. The SMILES string of the molecule is CCOC(=O)C(=O)[Si](CC)(CC)CC. The van der Waals surface area contributed by atoms with Crippen molar-refractivity contribution in [2.24, 2.45) is 0 Å². The zero-order valence-corrected chi connectivity index (χ0v) is 10.6. The van der Waals surface area contributed by atoms with Crippen LogP contribution in [-0.2, 0) is 14.3 Å². The molecule has 0 rings (SSSR count). The highest BCUT2D eigenvalue weighted by Crippen LogP contribution is 2.21. The monoisotopic (exact) mass is 216 g/mol. The van der Waals surface area contributed by atoms with Crippen LogP contribution in [0, 0.1) is 0 Å². The van der Waals surface area contributed by atoms with Crippen molar-refractivity contribution < 1.29 is 14.3 Å². The predicted octanol–water partition coefficient (Wildman–Crippen LogP) is 2.17. The minimum atomic E-state index is -2.03. The molecule has 0 unspecified atom stereocenters. The summed E-state index contributed by atoms with van der Waals surface area (Å²) in [6.45, 7) is 7.99. The van der Waals surface area contributed by atoms with Gasteiger partial charge in [0, 0.05) is 0 Å². The average Bonchev–Trinajstić information content (AvgIpc) is 2.21. The Hall–Kier alpha value is -0.643. The molecule has 4 heteroatoms. The molecule has 0 bridgehead atoms. The van der Waals surface area contributed by atoms with Gasteiger partial charge in [0.25, 0.3) is 0 Å². The zero-order chi connectivity index (χ0) is 11.2. The summed E-state index contributed by atoms with van der Waals surface area (Å²) in [5.74, 6) is -0.621. The molecule has 0 aromatic heterocycles. The van der Waals surface area contributed by atoms with E-state index in [9.17, 15) is 9.59 Å². The van der Waals surface area contributed by atoms with Crippen LogP contribution in [-0.4, -0.2) is 26.1 Å². The van der Waals surface area contributed by atoms with E-state index in [1.54, 1.807) is 6.92 Å². The molecule has 0 aromatic carbocycles. The highest BCUT2D eigenvalue weighted by molar-refractivity contribution is 7.13. The van der Waals surface area contributed by atoms with Gasteiger partial charge in [-0.1, -0.05) is 38.9 Å². The first kappa shape index (κ1) is 13.4. The molecule has 0 radical (unpaired) electrons. The summed E-state index contributed by atoms with van der Waals surface area (Å²) in [5.41, 5.74) is 0. The summed E-state index contributed by atoms with van der Waals surface area (Å²) >= 11 is 0. The van der Waals surface area contributed by atoms with Crippen LogP contribution in [0.25, 0.3) is 0 Å². The second-order valence-corrected chi connectivity index (χ2v) is 8.53. The van der Waals surface area contributed by atoms with Crippen molar-refractivity contribution in [3.05, 3.63) is 0 Å². The van der Waals surface area contributed by atoms with Gasteiger partial charge in [-0.05, 0) is 6.92 Å². The van der Waals surface area contributed by atoms with Crippen molar-refractivity contribution in [1.82, 2.24) is 0 Å². The molecule has 0 saturated carbocycles. The number of carbonyl (C=O) groups is 2. The van der Waals surface area contributed by atoms with Gasteiger partial charge in [0.2, 0.25) is 5.41 Å². The molecule has 14 heavy (non-hydrogen) atoms. The summed E-state index contributed by atoms with van der Waals surface area (Å²) in [6.07, 6.45) is 0. The Morgan fingerprint density at radius 3 is 1.71 bits per heavy atom. The lowest BCUT2D eigenvalue weighted by atomic mass is 10.7. The van der Waals surface area contributed by atoms with E-state index in [2.05, 4.69) is 0 Å². The van der Waals surface area contributed by atoms with Crippen molar-refractivity contribution in [3.63, 3.8) is 0 Å². The Bertz CT molecular complexity index is 201. The molecule has 0 N–H and O–H groups in total. The fraction of sp³-hybridized carbons (Fsp3) is 0.800. The zero-order valence-electron chi connectivity index (χ0n) is 9.55. The number of rotatable bonds is 6. The van der Waals surface area contributed by atoms with Crippen LogP contribution in [0.5, 0.6) is 0 Å². The van der Waals surface area contributed by atoms with Crippen molar-refractivity contribution >= 4 is 19.4 Å². The number of esters is 1. The van der Waals surface area contributed by atoms with Crippen LogP contribution < -0.4 is 0 Å². The molecule has 0 saturated heterocycles. The van der Waals surface area contributed by atoms with Gasteiger partial charge in [0.15, 0.2) is 0 Å². The maximum absolute atomic E-state index is 11.8. The van der Waals surface area contributed by atoms with Crippen LogP contribution in [0.2, 0.25) is 18.1 Å². The lowest BCUT2D eigenvalue weighted by Gasteiger charge is -2.24. The Balaban J connectivity index is 4.67. The van der Waals surface area contributed by atoms with Gasteiger partial charge in [0.05, 0.1) is 6.61 Å². The normalized spacial score (nSPS) is 11.1. The lowest BCUT2D eigenvalue weighted by Crippen LogP contribution is -2.47. The molecule has 0 atom stereocenters. The number of hydrogen-bond acceptors (Lipinski definition) is 3. The highest BCUT2D eigenvalue weighted by atomic mass is 28.3. The van der Waals surface area contributed by atoms with E-state index in [1.165, 1.54) is 0 Å². The lowest BCUT2D eigenvalue weighted by molar-refractivity contribution is -0.150. The van der Waals surface area contributed by atoms with E-state index in [-0.39, 0.29) is 12.0 Å². The maximum Gasteiger partial charge on any atom is 0.369 e. The van der Waals surface area contributed by atoms with Gasteiger partial charge >= 0.3 is 5.97 Å². The maximum atomic E-state index is 11.8. The molecule has 0 fully saturated rings. The van der Waals surface area contributed by atoms with Crippen molar-refractivity contribution in [2.75, 3.05) is 6.61 Å². The predicted molar refractivity (Wildman–Crippen MR) is 58.8 cm³/mol. The summed E-state index contributed by atoms with van der Waals surface area (Å²) in [7, 11) is -2.03. The Morgan fingerprint density at radius 1 is 1.00 bits per heavy atom. The second-order valence-electron chi connectivity index (χ2n) is 3.39. The first-order chi connectivity index (χ1) is 6.57. The second kappa shape index (κ2) is 5.96. The molecule has 0 aromatic rings. The van der Waals surface area contributed by atoms with Crippen LogP contribution in [0.4, 0.5) is 0 Å². The molecule has 0 aliphatic heterocycles. The minimum Gasteiger partial charge on any atom is -0.461 e. The van der Waals surface area contributed by atoms with E-state index in [0.29, 0.717) is 0 Å². The van der Waals surface area contributed by atoms with Crippen LogP contribution in [0.3, 0.4) is 0 Å². The quantitative estimate of drug-likeness (QED) is 0.388. The van der Waals surface area contributed by atoms with E-state index in [4.69, 9.17) is 4.74 Å². The number of carbonyl (C=O) groups excluding carboxylic acids is 2. The molecule has 0 heterocycles. The largest absolute Gasteiger partial charge is 0.461 e. The van der Waals surface area contributed by atoms with E-state index < -0.39 is 14.0 Å². The molecule has 82 valence electrons. The molecular formula is C10H20O3Si. The van der Waals surface area contributed by atoms with Crippen molar-refractivity contribution in [3.8, 4) is 0 Å². The van der Waals surface area contributed by atoms with E-state index in [0.717, 1.165) is 18.1 Å². The standard InChI is InChI=1S/C10H20O3Si/c1-5-13-9(11)10(12)14(6-2,7-3)8-4/h5-8H2,1-4H3. The minimum absolute atomic E-state index is 0.230. The van der Waals surface area contributed by atoms with Gasteiger partial charge in [-0.25, -0.2) is 4.79 Å². The number of ether oxygens (including phenoxy) is 1. The summed E-state index contributed by atoms with van der Waals surface area (Å²) in [5, 5.41) is -0.230. The van der Waals surface area contributed by atoms with Gasteiger partial charge in [-0.15, -0.1) is 0 Å². The first-order valence-corrected chi connectivity index (χ1v) is 7.91. The summed E-state index contributed by atoms with van der Waals surface area (Å²) < 4.78 is 4.76. The molecule has 0 spiro atoms. The van der Waals surface area contributed by atoms with Crippen molar-refractivity contribution in [2.45, 2.75) is 45.8 Å². The average molecular weight is 216 g/mol. The Labute approximate surface area is 86.8 Å². The highest BCUT2D eigenvalue weighted by Gasteiger charge is 2.40. The van der Waals surface area contributed by atoms with Crippen LogP contribution in [0.15, 0.2) is 0 Å². The van der Waals surface area contributed by atoms with E-state index >= 15 is 0 Å².